The monoisotopic (exact) mass is 407 g/mol. The number of aryl methyl sites for hydroxylation is 1. The lowest BCUT2D eigenvalue weighted by atomic mass is 10.1. The summed E-state index contributed by atoms with van der Waals surface area (Å²) < 4.78 is 11.1. The molecule has 1 amide bonds. The van der Waals surface area contributed by atoms with Gasteiger partial charge in [-0.25, -0.2) is 4.98 Å². The van der Waals surface area contributed by atoms with Crippen LogP contribution < -0.4 is 14.8 Å². The number of nitrogens with zero attached hydrogens (tertiary/aromatic N) is 2. The molecule has 8 nitrogen and oxygen atoms in total. The molecule has 0 saturated heterocycles. The van der Waals surface area contributed by atoms with Gasteiger partial charge in [-0.2, -0.15) is 0 Å². The van der Waals surface area contributed by atoms with Crippen LogP contribution in [-0.2, 0) is 6.54 Å². The summed E-state index contributed by atoms with van der Waals surface area (Å²) in [7, 11) is 0. The molecule has 30 heavy (non-hydrogen) atoms. The zero-order valence-electron chi connectivity index (χ0n) is 16.4. The third-order valence-electron chi connectivity index (χ3n) is 4.25. The first kappa shape index (κ1) is 20.8. The van der Waals surface area contributed by atoms with Crippen LogP contribution in [0, 0.1) is 17.0 Å². The van der Waals surface area contributed by atoms with Crippen LogP contribution in [0.1, 0.15) is 21.5 Å². The van der Waals surface area contributed by atoms with Crippen molar-refractivity contribution in [1.29, 1.82) is 0 Å². The van der Waals surface area contributed by atoms with Crippen molar-refractivity contribution in [3.63, 3.8) is 0 Å². The Morgan fingerprint density at radius 2 is 1.83 bits per heavy atom. The van der Waals surface area contributed by atoms with Gasteiger partial charge in [-0.15, -0.1) is 0 Å². The number of hydrogen-bond acceptors (Lipinski definition) is 6. The number of benzene rings is 2. The van der Waals surface area contributed by atoms with Crippen molar-refractivity contribution in [2.45, 2.75) is 13.5 Å². The van der Waals surface area contributed by atoms with E-state index in [0.29, 0.717) is 30.2 Å². The molecule has 0 aliphatic rings. The van der Waals surface area contributed by atoms with Gasteiger partial charge in [-0.1, -0.05) is 24.3 Å². The highest BCUT2D eigenvalue weighted by molar-refractivity contribution is 5.94. The topological polar surface area (TPSA) is 104 Å². The number of nitro benzene ring substituents is 1. The highest BCUT2D eigenvalue weighted by Gasteiger charge is 2.13. The van der Waals surface area contributed by atoms with E-state index in [0.717, 1.165) is 11.3 Å². The third-order valence-corrected chi connectivity index (χ3v) is 4.25. The maximum atomic E-state index is 12.3. The number of pyridine rings is 1. The molecular weight excluding hydrogens is 386 g/mol. The summed E-state index contributed by atoms with van der Waals surface area (Å²) in [6.07, 6.45) is 1.62. The van der Waals surface area contributed by atoms with Gasteiger partial charge in [0.05, 0.1) is 4.92 Å². The standard InChI is InChI=1S/C22H21N3O5/c1-16-13-18(8-9-20(16)25(27)28)22(26)24-15-17-7-10-21(23-14-17)30-12-11-29-19-5-3-2-4-6-19/h2-10,13-14H,11-12,15H2,1H3,(H,24,26). The van der Waals surface area contributed by atoms with Crippen molar-refractivity contribution in [1.82, 2.24) is 10.3 Å². The van der Waals surface area contributed by atoms with Gasteiger partial charge in [0.1, 0.15) is 19.0 Å². The van der Waals surface area contributed by atoms with Crippen LogP contribution in [0.15, 0.2) is 66.9 Å². The zero-order valence-corrected chi connectivity index (χ0v) is 16.4. The van der Waals surface area contributed by atoms with Crippen LogP contribution in [-0.4, -0.2) is 29.0 Å². The van der Waals surface area contributed by atoms with Crippen LogP contribution in [0.4, 0.5) is 5.69 Å². The molecule has 3 rings (SSSR count). The van der Waals surface area contributed by atoms with Crippen molar-refractivity contribution in [3.8, 4) is 11.6 Å². The first-order valence-corrected chi connectivity index (χ1v) is 9.32. The molecule has 0 aliphatic carbocycles. The molecule has 0 saturated carbocycles. The van der Waals surface area contributed by atoms with E-state index < -0.39 is 4.92 Å². The van der Waals surface area contributed by atoms with Gasteiger partial charge in [0.25, 0.3) is 11.6 Å². The van der Waals surface area contributed by atoms with E-state index in [9.17, 15) is 14.9 Å². The van der Waals surface area contributed by atoms with Gasteiger partial charge in [0.2, 0.25) is 5.88 Å². The Balaban J connectivity index is 1.44. The van der Waals surface area contributed by atoms with E-state index in [2.05, 4.69) is 10.3 Å². The predicted octanol–water partition coefficient (Wildman–Crippen LogP) is 3.69. The Morgan fingerprint density at radius 1 is 1.07 bits per heavy atom. The van der Waals surface area contributed by atoms with Crippen molar-refractivity contribution in [2.24, 2.45) is 0 Å². The zero-order chi connectivity index (χ0) is 21.3. The van der Waals surface area contributed by atoms with Crippen molar-refractivity contribution in [3.05, 3.63) is 93.7 Å². The number of nitrogens with one attached hydrogen (secondary N) is 1. The fraction of sp³-hybridized carbons (Fsp3) is 0.182. The molecular formula is C22H21N3O5. The predicted molar refractivity (Wildman–Crippen MR) is 111 cm³/mol. The Labute approximate surface area is 173 Å². The van der Waals surface area contributed by atoms with Crippen molar-refractivity contribution in [2.75, 3.05) is 13.2 Å². The maximum Gasteiger partial charge on any atom is 0.272 e. The summed E-state index contributed by atoms with van der Waals surface area (Å²) >= 11 is 0. The number of rotatable bonds is 9. The number of hydrogen-bond donors (Lipinski definition) is 1. The molecule has 0 fully saturated rings. The van der Waals surface area contributed by atoms with E-state index in [4.69, 9.17) is 9.47 Å². The second-order valence-corrected chi connectivity index (χ2v) is 6.46. The second kappa shape index (κ2) is 10.0. The van der Waals surface area contributed by atoms with Gasteiger partial charge in [0.15, 0.2) is 0 Å². The number of amides is 1. The van der Waals surface area contributed by atoms with Crippen LogP contribution in [0.25, 0.3) is 0 Å². The Kier molecular flexibility index (Phi) is 6.94. The lowest BCUT2D eigenvalue weighted by Crippen LogP contribution is -2.23. The number of nitro groups is 1. The summed E-state index contributed by atoms with van der Waals surface area (Å²) in [5.74, 6) is 0.933. The molecule has 2 aromatic carbocycles. The SMILES string of the molecule is Cc1cc(C(=O)NCc2ccc(OCCOc3ccccc3)nc2)ccc1[N+](=O)[O-]. The minimum Gasteiger partial charge on any atom is -0.490 e. The molecule has 0 radical (unpaired) electrons. The smallest absolute Gasteiger partial charge is 0.272 e. The molecule has 0 spiro atoms. The van der Waals surface area contributed by atoms with Gasteiger partial charge in [-0.3, -0.25) is 14.9 Å². The average Bonchev–Trinajstić information content (AvgIpc) is 2.76. The third kappa shape index (κ3) is 5.78. The fourth-order valence-electron chi connectivity index (χ4n) is 2.71. The Bertz CT molecular complexity index is 1010. The summed E-state index contributed by atoms with van der Waals surface area (Å²) in [6.45, 7) is 2.64. The van der Waals surface area contributed by atoms with E-state index in [-0.39, 0.29) is 18.1 Å². The molecule has 1 aromatic heterocycles. The van der Waals surface area contributed by atoms with Crippen LogP contribution in [0.3, 0.4) is 0 Å². The largest absolute Gasteiger partial charge is 0.490 e. The molecule has 0 aliphatic heterocycles. The highest BCUT2D eigenvalue weighted by atomic mass is 16.6. The van der Waals surface area contributed by atoms with E-state index in [1.807, 2.05) is 36.4 Å². The first-order chi connectivity index (χ1) is 14.5. The van der Waals surface area contributed by atoms with E-state index in [1.54, 1.807) is 19.2 Å². The molecule has 3 aromatic rings. The molecule has 1 N–H and O–H groups in total. The van der Waals surface area contributed by atoms with Gasteiger partial charge < -0.3 is 14.8 Å². The molecule has 1 heterocycles. The molecule has 8 heteroatoms. The molecule has 0 atom stereocenters. The van der Waals surface area contributed by atoms with Crippen LogP contribution >= 0.6 is 0 Å². The average molecular weight is 407 g/mol. The van der Waals surface area contributed by atoms with Gasteiger partial charge >= 0.3 is 0 Å². The first-order valence-electron chi connectivity index (χ1n) is 9.32. The number of para-hydroxylation sites is 1. The molecule has 0 bridgehead atoms. The minimum absolute atomic E-state index is 0.0134. The van der Waals surface area contributed by atoms with Gasteiger partial charge in [-0.05, 0) is 36.8 Å². The Morgan fingerprint density at radius 3 is 2.50 bits per heavy atom. The molecule has 154 valence electrons. The summed E-state index contributed by atoms with van der Waals surface area (Å²) in [5.41, 5.74) is 1.59. The van der Waals surface area contributed by atoms with E-state index in [1.165, 1.54) is 18.2 Å². The lowest BCUT2D eigenvalue weighted by Gasteiger charge is -2.09. The van der Waals surface area contributed by atoms with Crippen LogP contribution in [0.2, 0.25) is 0 Å². The maximum absolute atomic E-state index is 12.3. The number of aromatic nitrogens is 1. The van der Waals surface area contributed by atoms with E-state index >= 15 is 0 Å². The normalized spacial score (nSPS) is 10.3. The fourth-order valence-corrected chi connectivity index (χ4v) is 2.71. The van der Waals surface area contributed by atoms with Crippen molar-refractivity contribution >= 4 is 11.6 Å². The lowest BCUT2D eigenvalue weighted by molar-refractivity contribution is -0.385. The summed E-state index contributed by atoms with van der Waals surface area (Å²) in [6, 6.07) is 17.3. The highest BCUT2D eigenvalue weighted by Crippen LogP contribution is 2.19. The Hall–Kier alpha value is -3.94. The number of carbonyl (C=O) groups is 1. The molecule has 0 unspecified atom stereocenters. The second-order valence-electron chi connectivity index (χ2n) is 6.46. The summed E-state index contributed by atoms with van der Waals surface area (Å²) in [4.78, 5) is 26.9. The quantitative estimate of drug-likeness (QED) is 0.330. The number of carbonyl (C=O) groups excluding carboxylic acids is 1. The van der Waals surface area contributed by atoms with Gasteiger partial charge in [0, 0.05) is 36.0 Å². The minimum atomic E-state index is -0.472. The van der Waals surface area contributed by atoms with Crippen molar-refractivity contribution < 1.29 is 19.2 Å². The summed E-state index contributed by atoms with van der Waals surface area (Å²) in [5, 5.41) is 13.6. The number of ether oxygens (including phenoxy) is 2. The van der Waals surface area contributed by atoms with Crippen LogP contribution in [0.5, 0.6) is 11.6 Å².